The molecule has 0 radical (unpaired) electrons. The third-order valence-electron chi connectivity index (χ3n) is 16.5. The molecule has 3 saturated heterocycles. The van der Waals surface area contributed by atoms with Gasteiger partial charge in [-0.25, -0.2) is 0 Å². The number of morpholine rings is 1. The van der Waals surface area contributed by atoms with Gasteiger partial charge in [-0.15, -0.1) is 0 Å². The third kappa shape index (κ3) is 26.2. The number of esters is 4. The quantitative estimate of drug-likeness (QED) is 0.0264. The highest BCUT2D eigenvalue weighted by Gasteiger charge is 2.25. The van der Waals surface area contributed by atoms with Gasteiger partial charge >= 0.3 is 23.9 Å². The number of carbonyl (C=O) groups is 4. The topological polar surface area (TPSA) is 212 Å². The van der Waals surface area contributed by atoms with E-state index in [9.17, 15) is 19.2 Å². The Morgan fingerprint density at radius 1 is 0.404 bits per heavy atom. The highest BCUT2D eigenvalue weighted by Crippen LogP contribution is 2.35. The van der Waals surface area contributed by atoms with Crippen LogP contribution in [0.4, 0.5) is 0 Å². The minimum atomic E-state index is -0.335. The molecule has 0 spiro atoms. The van der Waals surface area contributed by atoms with Gasteiger partial charge in [0.25, 0.3) is 0 Å². The molecular formula is C68H100N8O13. The molecule has 3 heterocycles. The lowest BCUT2D eigenvalue weighted by Crippen LogP contribution is -2.45. The number of rotatable bonds is 41. The summed E-state index contributed by atoms with van der Waals surface area (Å²) in [5, 5.41) is 13.4. The molecule has 4 aromatic rings. The zero-order valence-corrected chi connectivity index (χ0v) is 53.4. The third-order valence-corrected chi connectivity index (χ3v) is 16.5. The van der Waals surface area contributed by atoms with Gasteiger partial charge in [-0.05, 0) is 70.8 Å². The number of nitrogens with zero attached hydrogens (tertiary/aromatic N) is 4. The lowest BCUT2D eigenvalue weighted by atomic mass is 9.78. The van der Waals surface area contributed by atoms with E-state index in [1.807, 2.05) is 97.1 Å². The molecule has 0 atom stereocenters. The molecule has 3 aliphatic rings. The molecule has 0 unspecified atom stereocenters. The van der Waals surface area contributed by atoms with E-state index in [0.717, 1.165) is 120 Å². The van der Waals surface area contributed by atoms with E-state index < -0.39 is 0 Å². The summed E-state index contributed by atoms with van der Waals surface area (Å²) in [7, 11) is 0. The van der Waals surface area contributed by atoms with E-state index >= 15 is 0 Å². The van der Waals surface area contributed by atoms with Gasteiger partial charge in [0.15, 0.2) is 0 Å². The van der Waals surface area contributed by atoms with Gasteiger partial charge in [-0.3, -0.25) is 33.9 Å². The van der Waals surface area contributed by atoms with Gasteiger partial charge in [-0.1, -0.05) is 76.2 Å². The van der Waals surface area contributed by atoms with E-state index in [1.54, 1.807) is 0 Å². The summed E-state index contributed by atoms with van der Waals surface area (Å²) in [6.07, 6.45) is 0.996. The van der Waals surface area contributed by atoms with Crippen LogP contribution in [0.3, 0.4) is 0 Å². The molecule has 7 rings (SSSR count). The maximum absolute atomic E-state index is 12.9. The normalized spacial score (nSPS) is 15.3. The fourth-order valence-corrected chi connectivity index (χ4v) is 10.7. The van der Waals surface area contributed by atoms with Crippen LogP contribution >= 0.6 is 0 Å². The van der Waals surface area contributed by atoms with E-state index in [2.05, 4.69) is 68.6 Å². The molecule has 0 aromatic heterocycles. The van der Waals surface area contributed by atoms with Crippen molar-refractivity contribution in [1.82, 2.24) is 40.9 Å². The van der Waals surface area contributed by atoms with Crippen molar-refractivity contribution in [2.24, 2.45) is 0 Å². The minimum absolute atomic E-state index is 0.105. The lowest BCUT2D eigenvalue weighted by molar-refractivity contribution is -0.146. The zero-order chi connectivity index (χ0) is 62.8. The number of piperazine rings is 2. The van der Waals surface area contributed by atoms with Gasteiger partial charge in [0, 0.05) is 142 Å². The van der Waals surface area contributed by atoms with Crippen molar-refractivity contribution in [3.8, 4) is 23.0 Å². The molecule has 21 nitrogen and oxygen atoms in total. The Labute approximate surface area is 528 Å². The van der Waals surface area contributed by atoms with Crippen molar-refractivity contribution in [1.29, 1.82) is 0 Å². The van der Waals surface area contributed by atoms with Gasteiger partial charge in [-0.2, -0.15) is 0 Å². The van der Waals surface area contributed by atoms with Crippen molar-refractivity contribution in [3.63, 3.8) is 0 Å². The van der Waals surface area contributed by atoms with Crippen molar-refractivity contribution in [2.75, 3.05) is 197 Å². The Balaban J connectivity index is 0.728. The fourth-order valence-electron chi connectivity index (χ4n) is 10.7. The van der Waals surface area contributed by atoms with E-state index in [0.29, 0.717) is 81.8 Å². The number of nitrogens with one attached hydrogen (secondary N) is 4. The van der Waals surface area contributed by atoms with E-state index in [4.69, 9.17) is 42.6 Å². The molecule has 0 bridgehead atoms. The monoisotopic (exact) mass is 1240 g/mol. The summed E-state index contributed by atoms with van der Waals surface area (Å²) in [4.78, 5) is 59.5. The fraction of sp³-hybridized carbons (Fsp3) is 0.588. The zero-order valence-electron chi connectivity index (χ0n) is 53.4. The Hall–Kier alpha value is -6.40. The van der Waals surface area contributed by atoms with Crippen molar-refractivity contribution in [3.05, 3.63) is 119 Å². The second-order valence-corrected chi connectivity index (χ2v) is 23.6. The largest absolute Gasteiger partial charge is 0.490 e. The Bertz CT molecular complexity index is 2480. The standard InChI is InChI=1S/C68H100N8O13/c1-67(2,55-5-13-59(14-6-55)82-47-51-86-63(77)21-25-69-27-35-74-37-29-71-30-38-74)57-9-17-61(18-10-57)84-49-53-88-65(79)23-33-73(41-42-76-43-45-81-46-44-76)34-24-66(80)89-54-50-85-62-19-11-58(12-20-62)68(3,4)56-7-15-60(16-8-56)83-48-52-87-64(78)22-26-70-28-36-75-39-31-72-32-40-75/h5-20,69-72H,21-54H2,1-4H3. The van der Waals surface area contributed by atoms with Crippen LogP contribution in [0.2, 0.25) is 0 Å². The predicted molar refractivity (Wildman–Crippen MR) is 342 cm³/mol. The summed E-state index contributed by atoms with van der Waals surface area (Å²) >= 11 is 0. The summed E-state index contributed by atoms with van der Waals surface area (Å²) in [6, 6.07) is 31.8. The summed E-state index contributed by atoms with van der Waals surface area (Å²) in [5.74, 6) is 1.61. The molecule has 4 aromatic carbocycles. The first-order valence-electron chi connectivity index (χ1n) is 32.2. The molecule has 3 fully saturated rings. The predicted octanol–water partition coefficient (Wildman–Crippen LogP) is 4.91. The van der Waals surface area contributed by atoms with Crippen molar-refractivity contribution < 1.29 is 61.8 Å². The van der Waals surface area contributed by atoms with Crippen molar-refractivity contribution >= 4 is 23.9 Å². The van der Waals surface area contributed by atoms with Crippen LogP contribution in [0.1, 0.15) is 75.6 Å². The second-order valence-electron chi connectivity index (χ2n) is 23.6. The van der Waals surface area contributed by atoms with Crippen LogP contribution in [0.25, 0.3) is 0 Å². The molecule has 490 valence electrons. The van der Waals surface area contributed by atoms with Gasteiger partial charge in [0.05, 0.1) is 38.9 Å². The average molecular weight is 1240 g/mol. The number of benzene rings is 4. The van der Waals surface area contributed by atoms with Crippen LogP contribution in [-0.2, 0) is 53.7 Å². The molecule has 0 saturated carbocycles. The van der Waals surface area contributed by atoms with Crippen LogP contribution in [0, 0.1) is 0 Å². The summed E-state index contributed by atoms with van der Waals surface area (Å²) in [6.45, 7) is 28.8. The lowest BCUT2D eigenvalue weighted by Gasteiger charge is -2.29. The molecule has 3 aliphatic heterocycles. The smallest absolute Gasteiger partial charge is 0.307 e. The average Bonchev–Trinajstić information content (AvgIpc) is 3.26. The minimum Gasteiger partial charge on any atom is -0.490 e. The summed E-state index contributed by atoms with van der Waals surface area (Å²) in [5.41, 5.74) is 3.83. The SMILES string of the molecule is CC(C)(c1ccc(OCCOC(=O)CCNCCN2CCNCC2)cc1)c1ccc(OCCOC(=O)CCN(CCC(=O)OCCOc2ccc(C(C)(C)c3ccc(OCCOC(=O)CCNCCN4CCNCC4)cc3)cc2)CCN2CCOCC2)cc1. The highest BCUT2D eigenvalue weighted by atomic mass is 16.6. The first-order valence-corrected chi connectivity index (χ1v) is 32.2. The summed E-state index contributed by atoms with van der Waals surface area (Å²) < 4.78 is 51.0. The Morgan fingerprint density at radius 2 is 0.708 bits per heavy atom. The molecule has 0 aliphatic carbocycles. The second kappa shape index (κ2) is 39.0. The number of ether oxygens (including phenoxy) is 9. The number of hydrogen-bond acceptors (Lipinski definition) is 21. The molecular weight excluding hydrogens is 1140 g/mol. The maximum atomic E-state index is 12.9. The van der Waals surface area contributed by atoms with Crippen LogP contribution in [-0.4, -0.2) is 240 Å². The number of hydrogen-bond donors (Lipinski definition) is 4. The first-order chi connectivity index (χ1) is 43.3. The molecule has 0 amide bonds. The Morgan fingerprint density at radius 3 is 1.03 bits per heavy atom. The van der Waals surface area contributed by atoms with Gasteiger partial charge < -0.3 is 68.8 Å². The first kappa shape index (κ1) is 70.1. The molecule has 4 N–H and O–H groups in total. The van der Waals surface area contributed by atoms with Gasteiger partial charge in [0.1, 0.15) is 75.9 Å². The number of carbonyl (C=O) groups excluding carboxylic acids is 4. The van der Waals surface area contributed by atoms with Crippen LogP contribution in [0.15, 0.2) is 97.1 Å². The van der Waals surface area contributed by atoms with Crippen LogP contribution < -0.4 is 40.2 Å². The molecule has 21 heteroatoms. The Kier molecular flexibility index (Phi) is 30.7. The maximum Gasteiger partial charge on any atom is 0.307 e. The van der Waals surface area contributed by atoms with Gasteiger partial charge in [0.2, 0.25) is 0 Å². The van der Waals surface area contributed by atoms with Crippen molar-refractivity contribution in [2.45, 2.75) is 64.2 Å². The van der Waals surface area contributed by atoms with E-state index in [1.165, 1.54) is 0 Å². The van der Waals surface area contributed by atoms with E-state index in [-0.39, 0.29) is 100 Å². The molecule has 89 heavy (non-hydrogen) atoms. The van der Waals surface area contributed by atoms with Crippen LogP contribution in [0.5, 0.6) is 23.0 Å². The highest BCUT2D eigenvalue weighted by molar-refractivity contribution is 5.71.